The average Bonchev–Trinajstić information content (AvgIpc) is 2.79. The lowest BCUT2D eigenvalue weighted by Gasteiger charge is -2.24. The van der Waals surface area contributed by atoms with Crippen molar-refractivity contribution in [1.82, 2.24) is 10.3 Å². The molecule has 0 spiro atoms. The molecule has 0 fully saturated rings. The summed E-state index contributed by atoms with van der Waals surface area (Å²) >= 11 is 1.62. The molecule has 1 atom stereocenters. The number of hydrogen-bond donors (Lipinski definition) is 1. The van der Waals surface area contributed by atoms with Gasteiger partial charge in [0.15, 0.2) is 0 Å². The molecule has 3 aromatic rings. The molecule has 0 saturated heterocycles. The Hall–Kier alpha value is -3.05. The first-order valence-electron chi connectivity index (χ1n) is 10.1. The quantitative estimate of drug-likeness (QED) is 0.636. The molecule has 1 aliphatic heterocycles. The van der Waals surface area contributed by atoms with E-state index in [4.69, 9.17) is 4.74 Å². The van der Waals surface area contributed by atoms with Crippen LogP contribution < -0.4 is 15.8 Å². The summed E-state index contributed by atoms with van der Waals surface area (Å²) in [6.45, 7) is 2.47. The van der Waals surface area contributed by atoms with Crippen molar-refractivity contribution in [2.75, 3.05) is 6.54 Å². The Bertz CT molecular complexity index is 1130. The third-order valence-electron chi connectivity index (χ3n) is 4.93. The van der Waals surface area contributed by atoms with Crippen LogP contribution in [-0.2, 0) is 9.53 Å². The van der Waals surface area contributed by atoms with Crippen LogP contribution in [0.5, 0.6) is 0 Å². The Balaban J connectivity index is 1.70. The molecule has 1 N–H and O–H groups in total. The predicted molar refractivity (Wildman–Crippen MR) is 120 cm³/mol. The monoisotopic (exact) mass is 416 g/mol. The van der Waals surface area contributed by atoms with Crippen molar-refractivity contribution in [3.05, 3.63) is 88.9 Å². The number of ether oxygens (including phenoxy) is 1. The van der Waals surface area contributed by atoms with E-state index < -0.39 is 0 Å². The van der Waals surface area contributed by atoms with Crippen LogP contribution in [-0.4, -0.2) is 17.4 Å². The summed E-state index contributed by atoms with van der Waals surface area (Å²) in [6.07, 6.45) is 4.77. The van der Waals surface area contributed by atoms with E-state index in [0.717, 1.165) is 37.9 Å². The molecule has 0 bridgehead atoms. The Morgan fingerprint density at radius 3 is 2.70 bits per heavy atom. The first-order chi connectivity index (χ1) is 14.7. The largest absolute Gasteiger partial charge is 0.488 e. The second kappa shape index (κ2) is 9.63. The van der Waals surface area contributed by atoms with Crippen molar-refractivity contribution >= 4 is 29.5 Å². The summed E-state index contributed by atoms with van der Waals surface area (Å²) in [4.78, 5) is 17.6. The lowest BCUT2D eigenvalue weighted by Crippen LogP contribution is -2.38. The summed E-state index contributed by atoms with van der Waals surface area (Å²) in [6, 6.07) is 22.4. The highest BCUT2D eigenvalue weighted by atomic mass is 32.2. The summed E-state index contributed by atoms with van der Waals surface area (Å²) in [5, 5.41) is 6.14. The van der Waals surface area contributed by atoms with E-state index in [1.807, 2.05) is 49.6 Å². The van der Waals surface area contributed by atoms with Gasteiger partial charge in [-0.1, -0.05) is 61.2 Å². The number of rotatable bonds is 7. The lowest BCUT2D eigenvalue weighted by molar-refractivity contribution is -0.120. The van der Waals surface area contributed by atoms with Gasteiger partial charge in [-0.3, -0.25) is 4.79 Å². The third kappa shape index (κ3) is 4.74. The maximum atomic E-state index is 12.1. The van der Waals surface area contributed by atoms with E-state index in [-0.39, 0.29) is 12.0 Å². The highest BCUT2D eigenvalue weighted by Crippen LogP contribution is 2.28. The third-order valence-corrected chi connectivity index (χ3v) is 5.87. The van der Waals surface area contributed by atoms with E-state index in [0.29, 0.717) is 13.0 Å². The normalized spacial score (nSPS) is 15.0. The van der Waals surface area contributed by atoms with E-state index >= 15 is 0 Å². The van der Waals surface area contributed by atoms with Crippen molar-refractivity contribution in [1.29, 1.82) is 0 Å². The van der Waals surface area contributed by atoms with Crippen LogP contribution in [0.2, 0.25) is 0 Å². The number of fused-ring (bicyclic) bond motifs is 1. The molecule has 0 aliphatic carbocycles. The van der Waals surface area contributed by atoms with Gasteiger partial charge >= 0.3 is 0 Å². The van der Waals surface area contributed by atoms with Gasteiger partial charge < -0.3 is 10.1 Å². The summed E-state index contributed by atoms with van der Waals surface area (Å²) in [5.74, 6) is 0.0650. The average molecular weight is 417 g/mol. The van der Waals surface area contributed by atoms with Crippen molar-refractivity contribution in [3.63, 3.8) is 0 Å². The molecule has 5 heteroatoms. The van der Waals surface area contributed by atoms with Crippen LogP contribution in [0.3, 0.4) is 0 Å². The van der Waals surface area contributed by atoms with Crippen LogP contribution in [0.25, 0.3) is 11.8 Å². The fraction of sp³-hybridized carbons (Fsp3) is 0.200. The molecule has 2 aromatic carbocycles. The van der Waals surface area contributed by atoms with Gasteiger partial charge in [0.1, 0.15) is 11.1 Å². The maximum Gasteiger partial charge on any atom is 0.220 e. The fourth-order valence-electron chi connectivity index (χ4n) is 3.49. The zero-order valence-electron chi connectivity index (χ0n) is 16.9. The molecule has 4 rings (SSSR count). The van der Waals surface area contributed by atoms with Gasteiger partial charge in [0.25, 0.3) is 0 Å². The molecule has 152 valence electrons. The summed E-state index contributed by atoms with van der Waals surface area (Å²) in [5.41, 5.74) is 2.14. The maximum absolute atomic E-state index is 12.1. The molecule has 30 heavy (non-hydrogen) atoms. The van der Waals surface area contributed by atoms with Crippen molar-refractivity contribution in [3.8, 4) is 0 Å². The summed E-state index contributed by atoms with van der Waals surface area (Å²) < 4.78 is 6.16. The molecule has 4 nitrogen and oxygen atoms in total. The van der Waals surface area contributed by atoms with Crippen LogP contribution in [0.15, 0.2) is 82.8 Å². The SMILES string of the molecule is CCCC(=O)NCC1=c2ccc(Sc3ccccn3)cc2=COC1c1ccccc1. The van der Waals surface area contributed by atoms with Crippen molar-refractivity contribution < 1.29 is 9.53 Å². The van der Waals surface area contributed by atoms with Gasteiger partial charge in [0.2, 0.25) is 5.91 Å². The zero-order valence-corrected chi connectivity index (χ0v) is 17.7. The molecule has 1 amide bonds. The Labute approximate surface area is 180 Å². The smallest absolute Gasteiger partial charge is 0.220 e. The Morgan fingerprint density at radius 1 is 1.10 bits per heavy atom. The number of benzene rings is 2. The second-order valence-corrected chi connectivity index (χ2v) is 8.21. The highest BCUT2D eigenvalue weighted by molar-refractivity contribution is 7.99. The standard InChI is InChI=1S/C25H24N2O2S/c1-2-8-23(28)27-16-22-21-13-12-20(30-24-11-6-7-14-26-24)15-19(21)17-29-25(22)18-9-4-3-5-10-18/h3-7,9-15,17,25H,2,8,16H2,1H3,(H,27,28). The Morgan fingerprint density at radius 2 is 1.93 bits per heavy atom. The first kappa shape index (κ1) is 20.2. The van der Waals surface area contributed by atoms with E-state index in [1.54, 1.807) is 18.0 Å². The number of amides is 1. The van der Waals surface area contributed by atoms with E-state index in [2.05, 4.69) is 40.6 Å². The van der Waals surface area contributed by atoms with Gasteiger partial charge in [0.05, 0.1) is 6.26 Å². The molecule has 1 unspecified atom stereocenters. The minimum absolute atomic E-state index is 0.0650. The van der Waals surface area contributed by atoms with Gasteiger partial charge in [-0.2, -0.15) is 0 Å². The number of nitrogens with zero attached hydrogens (tertiary/aromatic N) is 1. The zero-order chi connectivity index (χ0) is 20.8. The van der Waals surface area contributed by atoms with Crippen LogP contribution in [0.4, 0.5) is 0 Å². The fourth-order valence-corrected chi connectivity index (χ4v) is 4.32. The van der Waals surface area contributed by atoms with Gasteiger partial charge in [0, 0.05) is 34.8 Å². The number of pyridine rings is 1. The molecular formula is C25H24N2O2S. The molecule has 2 heterocycles. The van der Waals surface area contributed by atoms with Gasteiger partial charge in [-0.25, -0.2) is 4.98 Å². The molecule has 0 radical (unpaired) electrons. The number of hydrogen-bond acceptors (Lipinski definition) is 4. The second-order valence-electron chi connectivity index (χ2n) is 7.12. The highest BCUT2D eigenvalue weighted by Gasteiger charge is 2.22. The number of aromatic nitrogens is 1. The molecule has 0 saturated carbocycles. The van der Waals surface area contributed by atoms with Crippen LogP contribution in [0.1, 0.15) is 31.4 Å². The van der Waals surface area contributed by atoms with Crippen molar-refractivity contribution in [2.24, 2.45) is 0 Å². The minimum Gasteiger partial charge on any atom is -0.488 e. The predicted octanol–water partition coefficient (Wildman–Crippen LogP) is 3.81. The van der Waals surface area contributed by atoms with Crippen LogP contribution >= 0.6 is 11.8 Å². The molecule has 1 aromatic heterocycles. The number of nitrogens with one attached hydrogen (secondary N) is 1. The van der Waals surface area contributed by atoms with Gasteiger partial charge in [-0.15, -0.1) is 0 Å². The van der Waals surface area contributed by atoms with Crippen molar-refractivity contribution in [2.45, 2.75) is 35.8 Å². The Kier molecular flexibility index (Phi) is 6.50. The molecule has 1 aliphatic rings. The summed E-state index contributed by atoms with van der Waals surface area (Å²) in [7, 11) is 0. The number of carbonyl (C=O) groups is 1. The first-order valence-corrected chi connectivity index (χ1v) is 11.0. The lowest BCUT2D eigenvalue weighted by atomic mass is 9.97. The molecular weight excluding hydrogens is 392 g/mol. The van der Waals surface area contributed by atoms with Crippen LogP contribution in [0, 0.1) is 0 Å². The van der Waals surface area contributed by atoms with E-state index in [9.17, 15) is 4.79 Å². The minimum atomic E-state index is -0.213. The number of carbonyl (C=O) groups excluding carboxylic acids is 1. The van der Waals surface area contributed by atoms with E-state index in [1.165, 1.54) is 0 Å². The topological polar surface area (TPSA) is 51.2 Å². The van der Waals surface area contributed by atoms with Gasteiger partial charge in [-0.05, 0) is 41.5 Å².